The first-order valence-corrected chi connectivity index (χ1v) is 10.8. The molecule has 1 N–H and O–H groups in total. The second kappa shape index (κ2) is 6.04. The van der Waals surface area contributed by atoms with Crippen molar-refractivity contribution in [3.05, 3.63) is 36.1 Å². The number of aliphatic hydroxyl groups excluding tert-OH is 1. The second-order valence-electron chi connectivity index (χ2n) is 8.95. The van der Waals surface area contributed by atoms with Gasteiger partial charge in [0.2, 0.25) is 0 Å². The Kier molecular flexibility index (Phi) is 4.22. The molecule has 0 spiro atoms. The van der Waals surface area contributed by atoms with E-state index >= 15 is 0 Å². The van der Waals surface area contributed by atoms with Crippen molar-refractivity contribution in [1.82, 2.24) is 0 Å². The Labute approximate surface area is 155 Å². The van der Waals surface area contributed by atoms with Crippen molar-refractivity contribution in [2.45, 2.75) is 57.6 Å². The Hall–Kier alpha value is -0.960. The summed E-state index contributed by atoms with van der Waals surface area (Å²) >= 11 is 2.09. The van der Waals surface area contributed by atoms with E-state index in [0.717, 1.165) is 29.8 Å². The molecule has 4 aliphatic rings. The van der Waals surface area contributed by atoms with Crippen molar-refractivity contribution < 1.29 is 9.90 Å². The molecule has 2 nitrogen and oxygen atoms in total. The Balaban J connectivity index is 1.63. The molecule has 0 amide bonds. The summed E-state index contributed by atoms with van der Waals surface area (Å²) < 4.78 is 0. The number of fused-ring (bicyclic) bond motifs is 5. The lowest BCUT2D eigenvalue weighted by molar-refractivity contribution is -0.130. The Morgan fingerprint density at radius 3 is 2.80 bits per heavy atom. The monoisotopic (exact) mass is 358 g/mol. The molecule has 3 saturated carbocycles. The molecule has 0 heterocycles. The van der Waals surface area contributed by atoms with E-state index in [1.807, 2.05) is 12.2 Å². The highest BCUT2D eigenvalue weighted by Gasteiger charge is 2.60. The lowest BCUT2D eigenvalue weighted by atomic mass is 9.47. The molecule has 0 aromatic heterocycles. The van der Waals surface area contributed by atoms with Crippen LogP contribution >= 0.6 is 11.8 Å². The van der Waals surface area contributed by atoms with E-state index in [0.29, 0.717) is 17.3 Å². The number of carbonyl (C=O) groups excluding carboxylic acids is 1. The molecule has 0 aromatic rings. The maximum atomic E-state index is 12.9. The first-order valence-electron chi connectivity index (χ1n) is 9.80. The molecule has 0 aromatic carbocycles. The van der Waals surface area contributed by atoms with Gasteiger partial charge in [-0.1, -0.05) is 18.6 Å². The number of ketones is 1. The van der Waals surface area contributed by atoms with Gasteiger partial charge in [0.05, 0.1) is 5.41 Å². The first kappa shape index (κ1) is 17.5. The molecular weight excluding hydrogens is 328 g/mol. The highest BCUT2D eigenvalue weighted by molar-refractivity contribution is 8.00. The number of rotatable bonds is 3. The molecule has 0 radical (unpaired) electrons. The van der Waals surface area contributed by atoms with E-state index < -0.39 is 0 Å². The molecule has 136 valence electrons. The van der Waals surface area contributed by atoms with Crippen molar-refractivity contribution in [2.24, 2.45) is 28.6 Å². The molecule has 6 atom stereocenters. The van der Waals surface area contributed by atoms with Crippen LogP contribution < -0.4 is 0 Å². The van der Waals surface area contributed by atoms with Crippen LogP contribution in [0.2, 0.25) is 0 Å². The molecule has 4 rings (SSSR count). The van der Waals surface area contributed by atoms with Gasteiger partial charge in [-0.2, -0.15) is 11.8 Å². The predicted molar refractivity (Wildman–Crippen MR) is 105 cm³/mol. The van der Waals surface area contributed by atoms with Gasteiger partial charge in [-0.15, -0.1) is 6.58 Å². The molecule has 1 unspecified atom stereocenters. The third-order valence-corrected chi connectivity index (χ3v) is 9.64. The van der Waals surface area contributed by atoms with Crippen molar-refractivity contribution in [3.8, 4) is 0 Å². The van der Waals surface area contributed by atoms with Gasteiger partial charge in [0, 0.05) is 17.1 Å². The number of hydrogen-bond donors (Lipinski definition) is 1. The quantitative estimate of drug-likeness (QED) is 0.680. The van der Waals surface area contributed by atoms with E-state index in [2.05, 4.69) is 32.2 Å². The van der Waals surface area contributed by atoms with Crippen LogP contribution in [0, 0.1) is 28.6 Å². The molecule has 0 saturated heterocycles. The van der Waals surface area contributed by atoms with Crippen LogP contribution in [-0.4, -0.2) is 21.9 Å². The SMILES string of the molecule is C=CCSC1CC[C@H]2[C@@H]3CCC4=CC(O)=CC(=O)[C@]4(C)[C@H]3CC[C@]12C. The zero-order chi connectivity index (χ0) is 17.8. The number of thioether (sulfide) groups is 1. The third kappa shape index (κ3) is 2.41. The summed E-state index contributed by atoms with van der Waals surface area (Å²) in [7, 11) is 0. The van der Waals surface area contributed by atoms with Gasteiger partial charge in [0.15, 0.2) is 5.78 Å². The summed E-state index contributed by atoms with van der Waals surface area (Å²) in [5.74, 6) is 3.20. The Bertz CT molecular complexity index is 663. The van der Waals surface area contributed by atoms with Crippen LogP contribution in [0.5, 0.6) is 0 Å². The minimum Gasteiger partial charge on any atom is -0.508 e. The van der Waals surface area contributed by atoms with Crippen LogP contribution in [0.15, 0.2) is 36.1 Å². The van der Waals surface area contributed by atoms with Crippen LogP contribution in [0.3, 0.4) is 0 Å². The third-order valence-electron chi connectivity index (χ3n) is 8.03. The highest BCUT2D eigenvalue weighted by Crippen LogP contribution is 2.66. The average Bonchev–Trinajstić information content (AvgIpc) is 2.91. The minimum atomic E-state index is -0.372. The maximum absolute atomic E-state index is 12.9. The van der Waals surface area contributed by atoms with Crippen molar-refractivity contribution in [3.63, 3.8) is 0 Å². The molecule has 25 heavy (non-hydrogen) atoms. The van der Waals surface area contributed by atoms with E-state index in [1.165, 1.54) is 37.3 Å². The first-order chi connectivity index (χ1) is 11.9. The van der Waals surface area contributed by atoms with Gasteiger partial charge in [-0.05, 0) is 74.7 Å². The van der Waals surface area contributed by atoms with Gasteiger partial charge < -0.3 is 5.11 Å². The second-order valence-corrected chi connectivity index (χ2v) is 10.2. The lowest BCUT2D eigenvalue weighted by Gasteiger charge is -2.56. The van der Waals surface area contributed by atoms with Gasteiger partial charge in [0.25, 0.3) is 0 Å². The fourth-order valence-corrected chi connectivity index (χ4v) is 8.05. The van der Waals surface area contributed by atoms with Crippen molar-refractivity contribution >= 4 is 17.5 Å². The predicted octanol–water partition coefficient (Wildman–Crippen LogP) is 5.47. The summed E-state index contributed by atoms with van der Waals surface area (Å²) in [5, 5.41) is 10.6. The molecule has 4 aliphatic carbocycles. The largest absolute Gasteiger partial charge is 0.508 e. The minimum absolute atomic E-state index is 0.136. The number of carbonyl (C=O) groups is 1. The topological polar surface area (TPSA) is 37.3 Å². The molecule has 3 fully saturated rings. The van der Waals surface area contributed by atoms with Gasteiger partial charge in [0.1, 0.15) is 5.76 Å². The van der Waals surface area contributed by atoms with Crippen LogP contribution in [0.1, 0.15) is 52.4 Å². The number of aliphatic hydroxyl groups is 1. The van der Waals surface area contributed by atoms with Crippen molar-refractivity contribution in [1.29, 1.82) is 0 Å². The van der Waals surface area contributed by atoms with Gasteiger partial charge >= 0.3 is 0 Å². The Morgan fingerprint density at radius 2 is 2.04 bits per heavy atom. The molecule has 3 heteroatoms. The average molecular weight is 359 g/mol. The Morgan fingerprint density at radius 1 is 1.24 bits per heavy atom. The molecule has 0 bridgehead atoms. The molecular formula is C22H30O2S. The van der Waals surface area contributed by atoms with E-state index in [-0.39, 0.29) is 17.0 Å². The van der Waals surface area contributed by atoms with Crippen LogP contribution in [0.25, 0.3) is 0 Å². The standard InChI is InChI=1S/C22H30O2S/c1-4-11-25-20-8-7-17-16-6-5-14-12-15(23)13-19(24)22(14,3)18(16)9-10-21(17,20)2/h4,12-13,16-18,20,23H,1,5-11H2,2-3H3/t16-,17-,18-,20?,21-,22-/m0/s1. The summed E-state index contributed by atoms with van der Waals surface area (Å²) in [5.41, 5.74) is 1.23. The fourth-order valence-electron chi connectivity index (χ4n) is 6.70. The lowest BCUT2D eigenvalue weighted by Crippen LogP contribution is -2.53. The van der Waals surface area contributed by atoms with Crippen molar-refractivity contribution in [2.75, 3.05) is 5.75 Å². The number of allylic oxidation sites excluding steroid dienone is 3. The normalized spacial score (nSPS) is 45.8. The zero-order valence-corrected chi connectivity index (χ0v) is 16.3. The zero-order valence-electron chi connectivity index (χ0n) is 15.5. The summed E-state index contributed by atoms with van der Waals surface area (Å²) in [6.45, 7) is 8.57. The fraction of sp³-hybridized carbons (Fsp3) is 0.682. The van der Waals surface area contributed by atoms with Crippen LogP contribution in [-0.2, 0) is 4.79 Å². The van der Waals surface area contributed by atoms with Crippen LogP contribution in [0.4, 0.5) is 0 Å². The van der Waals surface area contributed by atoms with Gasteiger partial charge in [-0.25, -0.2) is 0 Å². The summed E-state index contributed by atoms with van der Waals surface area (Å²) in [6.07, 6.45) is 12.6. The number of hydrogen-bond acceptors (Lipinski definition) is 3. The maximum Gasteiger partial charge on any atom is 0.169 e. The summed E-state index contributed by atoms with van der Waals surface area (Å²) in [6, 6.07) is 0. The molecule has 0 aliphatic heterocycles. The highest BCUT2D eigenvalue weighted by atomic mass is 32.2. The van der Waals surface area contributed by atoms with E-state index in [1.54, 1.807) is 0 Å². The van der Waals surface area contributed by atoms with E-state index in [4.69, 9.17) is 0 Å². The summed E-state index contributed by atoms with van der Waals surface area (Å²) in [4.78, 5) is 12.9. The smallest absolute Gasteiger partial charge is 0.169 e. The van der Waals surface area contributed by atoms with E-state index in [9.17, 15) is 9.90 Å². The van der Waals surface area contributed by atoms with Gasteiger partial charge in [-0.3, -0.25) is 4.79 Å².